The van der Waals surface area contributed by atoms with E-state index in [0.717, 1.165) is 0 Å². The van der Waals surface area contributed by atoms with Gasteiger partial charge < -0.3 is 16.2 Å². The number of nitrogens with zero attached hydrogens (tertiary/aromatic N) is 1. The zero-order valence-corrected chi connectivity index (χ0v) is 9.54. The van der Waals surface area contributed by atoms with Crippen molar-refractivity contribution in [2.24, 2.45) is 11.7 Å². The molecule has 2 atom stereocenters. The molecule has 0 radical (unpaired) electrons. The largest absolute Gasteiger partial charge is 0.478 e. The van der Waals surface area contributed by atoms with E-state index in [9.17, 15) is 9.59 Å². The molecule has 6 nitrogen and oxygen atoms in total. The average molecular weight is 247 g/mol. The summed E-state index contributed by atoms with van der Waals surface area (Å²) in [4.78, 5) is 26.4. The summed E-state index contributed by atoms with van der Waals surface area (Å²) in [5.74, 6) is -1.56. The molecule has 0 bridgehead atoms. The highest BCUT2D eigenvalue weighted by Gasteiger charge is 2.22. The first-order valence-corrected chi connectivity index (χ1v) is 5.49. The Balaban J connectivity index is 2.05. The maximum atomic E-state index is 11.8. The fourth-order valence-electron chi connectivity index (χ4n) is 1.78. The lowest BCUT2D eigenvalue weighted by atomic mass is 10.1. The smallest absolute Gasteiger partial charge is 0.337 e. The SMILES string of the molecule is NC1C=CC(C(=O)Nc2cncc(C(=O)O)c2)C1. The van der Waals surface area contributed by atoms with Crippen LogP contribution in [0.1, 0.15) is 16.8 Å². The Morgan fingerprint density at radius 1 is 1.39 bits per heavy atom. The first-order chi connectivity index (χ1) is 8.56. The summed E-state index contributed by atoms with van der Waals surface area (Å²) in [6, 6.07) is 1.27. The highest BCUT2D eigenvalue weighted by Crippen LogP contribution is 2.18. The van der Waals surface area contributed by atoms with Crippen LogP contribution >= 0.6 is 0 Å². The Labute approximate surface area is 104 Å². The maximum absolute atomic E-state index is 11.8. The van der Waals surface area contributed by atoms with Crippen molar-refractivity contribution in [3.63, 3.8) is 0 Å². The minimum absolute atomic E-state index is 0.0338. The summed E-state index contributed by atoms with van der Waals surface area (Å²) < 4.78 is 0. The molecule has 0 spiro atoms. The molecule has 0 aromatic carbocycles. The number of rotatable bonds is 3. The number of hydrogen-bond donors (Lipinski definition) is 3. The molecule has 94 valence electrons. The molecular weight excluding hydrogens is 234 g/mol. The fraction of sp³-hybridized carbons (Fsp3) is 0.250. The molecule has 1 aliphatic carbocycles. The van der Waals surface area contributed by atoms with Gasteiger partial charge in [0.25, 0.3) is 0 Å². The van der Waals surface area contributed by atoms with Gasteiger partial charge in [-0.25, -0.2) is 4.79 Å². The summed E-state index contributed by atoms with van der Waals surface area (Å²) in [6.07, 6.45) is 6.74. The van der Waals surface area contributed by atoms with Crippen LogP contribution in [0.2, 0.25) is 0 Å². The van der Waals surface area contributed by atoms with E-state index in [1.807, 2.05) is 0 Å². The second-order valence-corrected chi connectivity index (χ2v) is 4.15. The number of amides is 1. The van der Waals surface area contributed by atoms with Crippen molar-refractivity contribution in [3.8, 4) is 0 Å². The zero-order valence-electron chi connectivity index (χ0n) is 9.54. The van der Waals surface area contributed by atoms with Crippen LogP contribution in [0.5, 0.6) is 0 Å². The third-order valence-electron chi connectivity index (χ3n) is 2.71. The number of carbonyl (C=O) groups is 2. The zero-order chi connectivity index (χ0) is 13.1. The number of pyridine rings is 1. The van der Waals surface area contributed by atoms with E-state index in [2.05, 4.69) is 10.3 Å². The predicted octanol–water partition coefficient (Wildman–Crippen LogP) is 0.622. The maximum Gasteiger partial charge on any atom is 0.337 e. The molecule has 2 rings (SSSR count). The van der Waals surface area contributed by atoms with Crippen LogP contribution in [-0.4, -0.2) is 28.0 Å². The Morgan fingerprint density at radius 2 is 2.17 bits per heavy atom. The van der Waals surface area contributed by atoms with E-state index >= 15 is 0 Å². The summed E-state index contributed by atoms with van der Waals surface area (Å²) in [5, 5.41) is 11.4. The standard InChI is InChI=1S/C12H13N3O3/c13-9-2-1-7(3-9)11(16)15-10-4-8(12(17)18)5-14-6-10/h1-2,4-7,9H,3,13H2,(H,15,16)(H,17,18). The van der Waals surface area contributed by atoms with Crippen molar-refractivity contribution >= 4 is 17.6 Å². The van der Waals surface area contributed by atoms with Gasteiger partial charge in [-0.15, -0.1) is 0 Å². The minimum Gasteiger partial charge on any atom is -0.478 e. The predicted molar refractivity (Wildman–Crippen MR) is 65.0 cm³/mol. The Morgan fingerprint density at radius 3 is 2.78 bits per heavy atom. The van der Waals surface area contributed by atoms with E-state index < -0.39 is 5.97 Å². The van der Waals surface area contributed by atoms with Crippen molar-refractivity contribution in [3.05, 3.63) is 36.2 Å². The van der Waals surface area contributed by atoms with Crippen LogP contribution in [0.25, 0.3) is 0 Å². The van der Waals surface area contributed by atoms with Crippen LogP contribution < -0.4 is 11.1 Å². The van der Waals surface area contributed by atoms with E-state index in [4.69, 9.17) is 10.8 Å². The lowest BCUT2D eigenvalue weighted by Gasteiger charge is -2.10. The second-order valence-electron chi connectivity index (χ2n) is 4.15. The highest BCUT2D eigenvalue weighted by atomic mass is 16.4. The fourth-order valence-corrected chi connectivity index (χ4v) is 1.78. The molecule has 6 heteroatoms. The summed E-state index contributed by atoms with van der Waals surface area (Å²) >= 11 is 0. The van der Waals surface area contributed by atoms with Gasteiger partial charge in [0.15, 0.2) is 0 Å². The van der Waals surface area contributed by atoms with Crippen LogP contribution in [0.3, 0.4) is 0 Å². The van der Waals surface area contributed by atoms with Gasteiger partial charge in [-0.1, -0.05) is 12.2 Å². The van der Waals surface area contributed by atoms with E-state index in [1.54, 1.807) is 12.2 Å². The molecule has 1 aromatic heterocycles. The van der Waals surface area contributed by atoms with E-state index in [1.165, 1.54) is 18.5 Å². The van der Waals surface area contributed by atoms with Crippen LogP contribution in [0.15, 0.2) is 30.6 Å². The quantitative estimate of drug-likeness (QED) is 0.679. The lowest BCUT2D eigenvalue weighted by Crippen LogP contribution is -2.24. The van der Waals surface area contributed by atoms with Crippen LogP contribution in [0.4, 0.5) is 5.69 Å². The number of aromatic carboxylic acids is 1. The number of nitrogens with one attached hydrogen (secondary N) is 1. The van der Waals surface area contributed by atoms with E-state index in [-0.39, 0.29) is 23.4 Å². The number of nitrogens with two attached hydrogens (primary N) is 1. The number of carboxylic acids is 1. The Kier molecular flexibility index (Phi) is 3.38. The molecule has 2 unspecified atom stereocenters. The van der Waals surface area contributed by atoms with Gasteiger partial charge >= 0.3 is 5.97 Å². The molecular formula is C12H13N3O3. The van der Waals surface area contributed by atoms with Gasteiger partial charge in [0.2, 0.25) is 5.91 Å². The van der Waals surface area contributed by atoms with Crippen LogP contribution in [0, 0.1) is 5.92 Å². The molecule has 0 saturated heterocycles. The van der Waals surface area contributed by atoms with Gasteiger partial charge in [-0.05, 0) is 12.5 Å². The molecule has 1 heterocycles. The topological polar surface area (TPSA) is 105 Å². The van der Waals surface area contributed by atoms with Crippen molar-refractivity contribution in [2.75, 3.05) is 5.32 Å². The number of aromatic nitrogens is 1. The molecule has 0 fully saturated rings. The van der Waals surface area contributed by atoms with Gasteiger partial charge in [0.1, 0.15) is 0 Å². The summed E-state index contributed by atoms with van der Waals surface area (Å²) in [7, 11) is 0. The van der Waals surface area contributed by atoms with Crippen molar-refractivity contribution in [1.29, 1.82) is 0 Å². The highest BCUT2D eigenvalue weighted by molar-refractivity contribution is 5.95. The number of hydrogen-bond acceptors (Lipinski definition) is 4. The van der Waals surface area contributed by atoms with Crippen molar-refractivity contribution < 1.29 is 14.7 Å². The first-order valence-electron chi connectivity index (χ1n) is 5.49. The third kappa shape index (κ3) is 2.72. The molecule has 18 heavy (non-hydrogen) atoms. The summed E-state index contributed by atoms with van der Waals surface area (Å²) in [5.41, 5.74) is 6.07. The van der Waals surface area contributed by atoms with Crippen LogP contribution in [-0.2, 0) is 4.79 Å². The van der Waals surface area contributed by atoms with Gasteiger partial charge in [0, 0.05) is 12.2 Å². The van der Waals surface area contributed by atoms with E-state index in [0.29, 0.717) is 12.1 Å². The normalized spacial score (nSPS) is 21.8. The van der Waals surface area contributed by atoms with Crippen molar-refractivity contribution in [2.45, 2.75) is 12.5 Å². The number of anilines is 1. The molecule has 0 aliphatic heterocycles. The van der Waals surface area contributed by atoms with Gasteiger partial charge in [-0.3, -0.25) is 9.78 Å². The molecule has 4 N–H and O–H groups in total. The minimum atomic E-state index is -1.08. The first kappa shape index (κ1) is 12.3. The van der Waals surface area contributed by atoms with Gasteiger partial charge in [0.05, 0.1) is 23.4 Å². The third-order valence-corrected chi connectivity index (χ3v) is 2.71. The monoisotopic (exact) mass is 247 g/mol. The molecule has 1 aromatic rings. The molecule has 1 aliphatic rings. The summed E-state index contributed by atoms with van der Waals surface area (Å²) in [6.45, 7) is 0. The second kappa shape index (κ2) is 4.97. The molecule has 1 amide bonds. The Hall–Kier alpha value is -2.21. The van der Waals surface area contributed by atoms with Crippen molar-refractivity contribution in [1.82, 2.24) is 4.98 Å². The number of carbonyl (C=O) groups excluding carboxylic acids is 1. The average Bonchev–Trinajstić information content (AvgIpc) is 2.76. The molecule has 0 saturated carbocycles. The Bertz CT molecular complexity index is 513. The number of carboxylic acid groups (broad SMARTS) is 1. The van der Waals surface area contributed by atoms with Gasteiger partial charge in [-0.2, -0.15) is 0 Å². The lowest BCUT2D eigenvalue weighted by molar-refractivity contribution is -0.118.